The minimum absolute atomic E-state index is 0. The van der Waals surface area contributed by atoms with Gasteiger partial charge in [0.15, 0.2) is 17.3 Å². The molecule has 7 nitrogen and oxygen atoms in total. The fraction of sp³-hybridized carbons (Fsp3) is 0.435. The molecular formula is C23H28INO6. The molecule has 168 valence electrons. The molecule has 4 rings (SSSR count). The van der Waals surface area contributed by atoms with Gasteiger partial charge in [-0.1, -0.05) is 0 Å². The van der Waals surface area contributed by atoms with Gasteiger partial charge in [-0.05, 0) is 29.8 Å². The molecule has 0 amide bonds. The molecule has 0 saturated heterocycles. The minimum atomic E-state index is -0.0957. The number of hydrogen-bond acceptors (Lipinski definition) is 6. The Bertz CT molecular complexity index is 991. The summed E-state index contributed by atoms with van der Waals surface area (Å²) in [5.41, 5.74) is 2.68. The summed E-state index contributed by atoms with van der Waals surface area (Å²) in [7, 11) is 9.08. The van der Waals surface area contributed by atoms with Gasteiger partial charge in [-0.15, -0.1) is 0 Å². The summed E-state index contributed by atoms with van der Waals surface area (Å²) in [4.78, 5) is 13.4. The Morgan fingerprint density at radius 2 is 1.87 bits per heavy atom. The highest BCUT2D eigenvalue weighted by Crippen LogP contribution is 2.51. The molecule has 2 heterocycles. The number of carbonyl (C=O) groups excluding carboxylic acids is 1. The van der Waals surface area contributed by atoms with E-state index in [9.17, 15) is 4.79 Å². The molecule has 0 aliphatic carbocycles. The zero-order chi connectivity index (χ0) is 21.5. The quantitative estimate of drug-likeness (QED) is 0.300. The van der Waals surface area contributed by atoms with Gasteiger partial charge >= 0.3 is 0 Å². The highest BCUT2D eigenvalue weighted by Gasteiger charge is 2.42. The third-order valence-electron chi connectivity index (χ3n) is 6.17. The lowest BCUT2D eigenvalue weighted by molar-refractivity contribution is -0.922. The van der Waals surface area contributed by atoms with Crippen LogP contribution in [-0.2, 0) is 6.42 Å². The number of ketones is 1. The molecule has 2 aromatic rings. The molecule has 1 atom stereocenters. The van der Waals surface area contributed by atoms with Crippen molar-refractivity contribution < 1.29 is 56.9 Å². The molecule has 0 radical (unpaired) electrons. The second-order valence-corrected chi connectivity index (χ2v) is 8.18. The van der Waals surface area contributed by atoms with Gasteiger partial charge in [-0.3, -0.25) is 4.79 Å². The third-order valence-corrected chi connectivity index (χ3v) is 6.17. The molecular weight excluding hydrogens is 513 g/mol. The number of methoxy groups -OCH3 is 3. The third kappa shape index (κ3) is 4.15. The van der Waals surface area contributed by atoms with Gasteiger partial charge in [-0.25, -0.2) is 0 Å². The Morgan fingerprint density at radius 3 is 2.55 bits per heavy atom. The number of likely N-dealkylation sites (N-methyl/N-ethyl adjacent to an activating group) is 1. The van der Waals surface area contributed by atoms with Gasteiger partial charge in [0.2, 0.25) is 12.5 Å². The second kappa shape index (κ2) is 9.12. The molecule has 2 aliphatic rings. The molecule has 0 fully saturated rings. The molecule has 1 unspecified atom stereocenters. The number of rotatable bonds is 6. The maximum Gasteiger partial charge on any atom is 0.231 e. The summed E-state index contributed by atoms with van der Waals surface area (Å²) < 4.78 is 28.5. The summed E-state index contributed by atoms with van der Waals surface area (Å²) >= 11 is 0. The average Bonchev–Trinajstić information content (AvgIpc) is 3.22. The fourth-order valence-corrected chi connectivity index (χ4v) is 4.43. The minimum Gasteiger partial charge on any atom is -1.00 e. The lowest BCUT2D eigenvalue weighted by Gasteiger charge is -2.43. The highest BCUT2D eigenvalue weighted by molar-refractivity contribution is 5.99. The first kappa shape index (κ1) is 23.5. The smallest absolute Gasteiger partial charge is 0.231 e. The molecule has 0 spiro atoms. The van der Waals surface area contributed by atoms with E-state index < -0.39 is 0 Å². The molecule has 8 heteroatoms. The van der Waals surface area contributed by atoms with Crippen LogP contribution in [0, 0.1) is 0 Å². The SMILES string of the molecule is COc1ccc(OC)c(C(=O)CC2c3c(cc4c(c3OC)OCO4)CC[N+]2(C)C)c1.[I-]. The van der Waals surface area contributed by atoms with Crippen molar-refractivity contribution >= 4 is 5.78 Å². The number of ether oxygens (including phenoxy) is 5. The van der Waals surface area contributed by atoms with E-state index in [4.69, 9.17) is 23.7 Å². The van der Waals surface area contributed by atoms with Gasteiger partial charge in [0.05, 0.1) is 59.5 Å². The van der Waals surface area contributed by atoms with Crippen molar-refractivity contribution in [2.75, 3.05) is 48.8 Å². The van der Waals surface area contributed by atoms with Crippen LogP contribution in [0.3, 0.4) is 0 Å². The first-order valence-corrected chi connectivity index (χ1v) is 9.97. The second-order valence-electron chi connectivity index (χ2n) is 8.18. The first-order valence-electron chi connectivity index (χ1n) is 9.97. The number of benzene rings is 2. The number of carbonyl (C=O) groups is 1. The standard InChI is InChI=1S/C23H28NO6.HI/c1-24(2)9-8-14-10-20-22(30-13-29-20)23(28-5)21(14)17(24)12-18(25)16-11-15(26-3)6-7-19(16)27-4;/h6-7,10-11,17H,8-9,12-13H2,1-5H3;1H/q+1;/p-1. The Morgan fingerprint density at radius 1 is 1.10 bits per heavy atom. The van der Waals surface area contributed by atoms with Crippen molar-refractivity contribution in [3.8, 4) is 28.7 Å². The van der Waals surface area contributed by atoms with Crippen LogP contribution in [0.25, 0.3) is 0 Å². The molecule has 0 aromatic heterocycles. The largest absolute Gasteiger partial charge is 1.00 e. The maximum absolute atomic E-state index is 13.4. The summed E-state index contributed by atoms with van der Waals surface area (Å²) in [6.07, 6.45) is 1.18. The Kier molecular flexibility index (Phi) is 6.90. The van der Waals surface area contributed by atoms with Gasteiger partial charge < -0.3 is 52.1 Å². The van der Waals surface area contributed by atoms with E-state index in [1.807, 2.05) is 6.07 Å². The molecule has 2 aliphatic heterocycles. The monoisotopic (exact) mass is 541 g/mol. The normalized spacial score (nSPS) is 17.9. The average molecular weight is 541 g/mol. The van der Waals surface area contributed by atoms with Crippen LogP contribution < -0.4 is 47.7 Å². The summed E-state index contributed by atoms with van der Waals surface area (Å²) in [6.45, 7) is 1.08. The topological polar surface area (TPSA) is 63.2 Å². The van der Waals surface area contributed by atoms with Crippen molar-refractivity contribution in [3.05, 3.63) is 41.0 Å². The number of nitrogens with zero attached hydrogens (tertiary/aromatic N) is 1. The lowest BCUT2D eigenvalue weighted by atomic mass is 9.85. The van der Waals surface area contributed by atoms with Gasteiger partial charge in [-0.2, -0.15) is 0 Å². The molecule has 31 heavy (non-hydrogen) atoms. The molecule has 0 bridgehead atoms. The zero-order valence-corrected chi connectivity index (χ0v) is 20.6. The number of halogens is 1. The maximum atomic E-state index is 13.4. The fourth-order valence-electron chi connectivity index (χ4n) is 4.43. The number of Topliss-reactive ketones (excluding diaryl/α,β-unsaturated/α-hetero) is 1. The summed E-state index contributed by atoms with van der Waals surface area (Å²) in [5.74, 6) is 3.15. The van der Waals surface area contributed by atoms with Crippen molar-refractivity contribution in [1.29, 1.82) is 0 Å². The van der Waals surface area contributed by atoms with Gasteiger partial charge in [0.1, 0.15) is 17.5 Å². The van der Waals surface area contributed by atoms with E-state index in [1.54, 1.807) is 39.5 Å². The molecule has 0 saturated carbocycles. The van der Waals surface area contributed by atoms with Crippen molar-refractivity contribution in [2.45, 2.75) is 18.9 Å². The van der Waals surface area contributed by atoms with E-state index >= 15 is 0 Å². The zero-order valence-electron chi connectivity index (χ0n) is 18.5. The molecule has 2 aromatic carbocycles. The Balaban J connectivity index is 0.00000272. The predicted octanol–water partition coefficient (Wildman–Crippen LogP) is 0.392. The summed E-state index contributed by atoms with van der Waals surface area (Å²) in [6, 6.07) is 7.22. The van der Waals surface area contributed by atoms with E-state index in [2.05, 4.69) is 14.1 Å². The van der Waals surface area contributed by atoms with Crippen molar-refractivity contribution in [2.24, 2.45) is 0 Å². The van der Waals surface area contributed by atoms with Crippen molar-refractivity contribution in [1.82, 2.24) is 0 Å². The van der Waals surface area contributed by atoms with Crippen LogP contribution in [0.5, 0.6) is 28.7 Å². The number of quaternary nitrogens is 1. The number of hydrogen-bond donors (Lipinski definition) is 0. The lowest BCUT2D eigenvalue weighted by Crippen LogP contribution is -3.00. The van der Waals surface area contributed by atoms with Gasteiger partial charge in [0, 0.05) is 6.42 Å². The first-order chi connectivity index (χ1) is 14.4. The highest BCUT2D eigenvalue weighted by atomic mass is 127. The van der Waals surface area contributed by atoms with Crippen LogP contribution in [0.1, 0.15) is 33.9 Å². The van der Waals surface area contributed by atoms with Crippen LogP contribution in [0.4, 0.5) is 0 Å². The van der Waals surface area contributed by atoms with Crippen LogP contribution in [0.15, 0.2) is 24.3 Å². The van der Waals surface area contributed by atoms with E-state index in [1.165, 1.54) is 0 Å². The summed E-state index contributed by atoms with van der Waals surface area (Å²) in [5, 5.41) is 0. The Labute approximate surface area is 199 Å². The Hall–Kier alpha value is -2.20. The molecule has 0 N–H and O–H groups in total. The van der Waals surface area contributed by atoms with Crippen molar-refractivity contribution in [3.63, 3.8) is 0 Å². The van der Waals surface area contributed by atoms with E-state index in [0.29, 0.717) is 45.2 Å². The number of fused-ring (bicyclic) bond motifs is 2. The van der Waals surface area contributed by atoms with Crippen LogP contribution in [0.2, 0.25) is 0 Å². The van der Waals surface area contributed by atoms with Crippen LogP contribution >= 0.6 is 0 Å². The van der Waals surface area contributed by atoms with E-state index in [0.717, 1.165) is 24.1 Å². The van der Waals surface area contributed by atoms with Crippen LogP contribution in [-0.4, -0.2) is 59.0 Å². The van der Waals surface area contributed by atoms with Gasteiger partial charge in [0.25, 0.3) is 0 Å². The predicted molar refractivity (Wildman–Crippen MR) is 111 cm³/mol. The van der Waals surface area contributed by atoms with E-state index in [-0.39, 0.29) is 42.6 Å².